The molecular formula is C15H15F2NO. The van der Waals surface area contributed by atoms with Gasteiger partial charge in [-0.1, -0.05) is 42.5 Å². The molecule has 0 saturated heterocycles. The Morgan fingerprint density at radius 1 is 0.895 bits per heavy atom. The molecular weight excluding hydrogens is 248 g/mol. The number of halogens is 2. The number of benzene rings is 2. The first-order valence-electron chi connectivity index (χ1n) is 5.97. The third kappa shape index (κ3) is 3.51. The zero-order chi connectivity index (χ0) is 13.7. The van der Waals surface area contributed by atoms with Crippen molar-refractivity contribution in [3.05, 3.63) is 65.7 Å². The molecule has 4 heteroatoms. The highest BCUT2D eigenvalue weighted by Gasteiger charge is 2.12. The number of hydrogen-bond acceptors (Lipinski definition) is 2. The highest BCUT2D eigenvalue weighted by Crippen LogP contribution is 2.24. The molecule has 0 heterocycles. The third-order valence-electron chi connectivity index (χ3n) is 2.86. The van der Waals surface area contributed by atoms with Crippen molar-refractivity contribution in [1.29, 1.82) is 0 Å². The molecule has 2 nitrogen and oxygen atoms in total. The molecule has 2 rings (SSSR count). The molecule has 0 amide bonds. The van der Waals surface area contributed by atoms with Gasteiger partial charge in [-0.05, 0) is 30.3 Å². The largest absolute Gasteiger partial charge is 0.435 e. The average molecular weight is 263 g/mol. The summed E-state index contributed by atoms with van der Waals surface area (Å²) in [6.07, 6.45) is 0. The topological polar surface area (TPSA) is 21.3 Å². The minimum absolute atomic E-state index is 0.0294. The maximum Gasteiger partial charge on any atom is 0.387 e. The monoisotopic (exact) mass is 263 g/mol. The number of nitrogens with one attached hydrogen (secondary N) is 1. The Hall–Kier alpha value is -1.94. The summed E-state index contributed by atoms with van der Waals surface area (Å²) in [6.45, 7) is -2.79. The standard InChI is InChI=1S/C15H15F2NO/c1-18-14(11-5-3-2-4-6-11)12-7-9-13(10-8-12)19-15(16)17/h2-10,14-15,18H,1H3. The van der Waals surface area contributed by atoms with E-state index in [1.807, 2.05) is 37.4 Å². The molecule has 0 aliphatic rings. The summed E-state index contributed by atoms with van der Waals surface area (Å²) < 4.78 is 28.5. The predicted octanol–water partition coefficient (Wildman–Crippen LogP) is 3.60. The minimum atomic E-state index is -2.79. The normalized spacial score (nSPS) is 12.4. The summed E-state index contributed by atoms with van der Waals surface area (Å²) in [4.78, 5) is 0. The van der Waals surface area contributed by atoms with E-state index in [0.29, 0.717) is 0 Å². The van der Waals surface area contributed by atoms with Crippen LogP contribution in [-0.2, 0) is 0 Å². The Kier molecular flexibility index (Phi) is 4.47. The van der Waals surface area contributed by atoms with Gasteiger partial charge in [-0.2, -0.15) is 8.78 Å². The fraction of sp³-hybridized carbons (Fsp3) is 0.200. The lowest BCUT2D eigenvalue weighted by Gasteiger charge is -2.17. The molecule has 1 atom stereocenters. The summed E-state index contributed by atoms with van der Waals surface area (Å²) in [5.41, 5.74) is 2.11. The molecule has 0 aliphatic heterocycles. The SMILES string of the molecule is CNC(c1ccccc1)c1ccc(OC(F)F)cc1. The van der Waals surface area contributed by atoms with Crippen LogP contribution in [0.2, 0.25) is 0 Å². The highest BCUT2D eigenvalue weighted by atomic mass is 19.3. The van der Waals surface area contributed by atoms with Gasteiger partial charge in [0.15, 0.2) is 0 Å². The average Bonchev–Trinajstić information content (AvgIpc) is 2.42. The quantitative estimate of drug-likeness (QED) is 0.890. The zero-order valence-electron chi connectivity index (χ0n) is 10.5. The van der Waals surface area contributed by atoms with E-state index in [1.54, 1.807) is 24.3 Å². The minimum Gasteiger partial charge on any atom is -0.435 e. The summed E-state index contributed by atoms with van der Waals surface area (Å²) in [5.74, 6) is 0.168. The van der Waals surface area contributed by atoms with Gasteiger partial charge in [-0.25, -0.2) is 0 Å². The number of rotatable bonds is 5. The van der Waals surface area contributed by atoms with Gasteiger partial charge >= 0.3 is 6.61 Å². The van der Waals surface area contributed by atoms with Gasteiger partial charge in [-0.3, -0.25) is 0 Å². The van der Waals surface area contributed by atoms with E-state index in [-0.39, 0.29) is 11.8 Å². The van der Waals surface area contributed by atoms with Crippen LogP contribution in [0.3, 0.4) is 0 Å². The Labute approximate surface area is 111 Å². The third-order valence-corrected chi connectivity index (χ3v) is 2.86. The molecule has 1 N–H and O–H groups in total. The number of ether oxygens (including phenoxy) is 1. The van der Waals surface area contributed by atoms with Crippen molar-refractivity contribution in [2.45, 2.75) is 12.7 Å². The lowest BCUT2D eigenvalue weighted by Crippen LogP contribution is -2.17. The maximum atomic E-state index is 12.1. The summed E-state index contributed by atoms with van der Waals surface area (Å²) >= 11 is 0. The van der Waals surface area contributed by atoms with E-state index in [0.717, 1.165) is 11.1 Å². The highest BCUT2D eigenvalue weighted by molar-refractivity contribution is 5.35. The van der Waals surface area contributed by atoms with Crippen molar-refractivity contribution < 1.29 is 13.5 Å². The zero-order valence-corrected chi connectivity index (χ0v) is 10.5. The van der Waals surface area contributed by atoms with Crippen LogP contribution in [0, 0.1) is 0 Å². The van der Waals surface area contributed by atoms with Gasteiger partial charge in [0, 0.05) is 0 Å². The molecule has 100 valence electrons. The van der Waals surface area contributed by atoms with Gasteiger partial charge in [0.1, 0.15) is 5.75 Å². The molecule has 0 spiro atoms. The van der Waals surface area contributed by atoms with E-state index >= 15 is 0 Å². The molecule has 0 fully saturated rings. The second-order valence-electron chi connectivity index (χ2n) is 4.08. The fourth-order valence-electron chi connectivity index (χ4n) is 2.01. The Morgan fingerprint density at radius 3 is 2.00 bits per heavy atom. The lowest BCUT2D eigenvalue weighted by atomic mass is 9.99. The lowest BCUT2D eigenvalue weighted by molar-refractivity contribution is -0.0498. The molecule has 2 aromatic rings. The van der Waals surface area contributed by atoms with Crippen LogP contribution >= 0.6 is 0 Å². The van der Waals surface area contributed by atoms with Crippen molar-refractivity contribution >= 4 is 0 Å². The summed E-state index contributed by atoms with van der Waals surface area (Å²) in [6, 6.07) is 16.6. The molecule has 0 aliphatic carbocycles. The number of alkyl halides is 2. The van der Waals surface area contributed by atoms with Crippen molar-refractivity contribution in [1.82, 2.24) is 5.32 Å². The van der Waals surface area contributed by atoms with E-state index in [1.165, 1.54) is 0 Å². The van der Waals surface area contributed by atoms with Crippen LogP contribution in [-0.4, -0.2) is 13.7 Å². The summed E-state index contributed by atoms with van der Waals surface area (Å²) in [7, 11) is 1.86. The van der Waals surface area contributed by atoms with Crippen LogP contribution in [0.15, 0.2) is 54.6 Å². The van der Waals surface area contributed by atoms with Crippen molar-refractivity contribution in [3.63, 3.8) is 0 Å². The van der Waals surface area contributed by atoms with Crippen LogP contribution in [0.4, 0.5) is 8.78 Å². The number of hydrogen-bond donors (Lipinski definition) is 1. The second kappa shape index (κ2) is 6.29. The van der Waals surface area contributed by atoms with E-state index in [4.69, 9.17) is 0 Å². The Bertz CT molecular complexity index is 499. The molecule has 2 aromatic carbocycles. The van der Waals surface area contributed by atoms with Crippen LogP contribution in [0.5, 0.6) is 5.75 Å². The van der Waals surface area contributed by atoms with Gasteiger partial charge in [0.2, 0.25) is 0 Å². The molecule has 1 unspecified atom stereocenters. The molecule has 0 aromatic heterocycles. The van der Waals surface area contributed by atoms with Crippen LogP contribution in [0.1, 0.15) is 17.2 Å². The molecule has 0 bridgehead atoms. The van der Waals surface area contributed by atoms with E-state index in [9.17, 15) is 8.78 Å². The predicted molar refractivity (Wildman–Crippen MR) is 70.4 cm³/mol. The second-order valence-corrected chi connectivity index (χ2v) is 4.08. The molecule has 0 saturated carbocycles. The van der Waals surface area contributed by atoms with Crippen molar-refractivity contribution in [2.75, 3.05) is 7.05 Å². The van der Waals surface area contributed by atoms with Gasteiger partial charge in [0.25, 0.3) is 0 Å². The van der Waals surface area contributed by atoms with Gasteiger partial charge in [0.05, 0.1) is 6.04 Å². The van der Waals surface area contributed by atoms with Crippen LogP contribution < -0.4 is 10.1 Å². The van der Waals surface area contributed by atoms with Crippen molar-refractivity contribution in [2.24, 2.45) is 0 Å². The van der Waals surface area contributed by atoms with E-state index < -0.39 is 6.61 Å². The van der Waals surface area contributed by atoms with E-state index in [2.05, 4.69) is 10.1 Å². The Morgan fingerprint density at radius 2 is 1.47 bits per heavy atom. The van der Waals surface area contributed by atoms with Gasteiger partial charge < -0.3 is 10.1 Å². The summed E-state index contributed by atoms with van der Waals surface area (Å²) in [5, 5.41) is 3.21. The molecule has 0 radical (unpaired) electrons. The van der Waals surface area contributed by atoms with Gasteiger partial charge in [-0.15, -0.1) is 0 Å². The smallest absolute Gasteiger partial charge is 0.387 e. The first-order valence-corrected chi connectivity index (χ1v) is 5.97. The maximum absolute atomic E-state index is 12.1. The first-order chi connectivity index (χ1) is 9.20. The van der Waals surface area contributed by atoms with Crippen molar-refractivity contribution in [3.8, 4) is 5.75 Å². The first kappa shape index (κ1) is 13.5. The van der Waals surface area contributed by atoms with Crippen LogP contribution in [0.25, 0.3) is 0 Å². The molecule has 19 heavy (non-hydrogen) atoms. The Balaban J connectivity index is 2.20. The fourth-order valence-corrected chi connectivity index (χ4v) is 2.01.